The van der Waals surface area contributed by atoms with Crippen molar-refractivity contribution in [1.82, 2.24) is 0 Å². The van der Waals surface area contributed by atoms with Gasteiger partial charge in [-0.3, -0.25) is 4.79 Å². The van der Waals surface area contributed by atoms with E-state index in [0.29, 0.717) is 5.56 Å². The van der Waals surface area contributed by atoms with Gasteiger partial charge >= 0.3 is 5.97 Å². The standard InChI is InChI=1S/C21H20O11/c22-8-14-17(25)19(27)20(28)21(29,32-14)31-13-7-12-15(18(26)16(13)24)10(23)6-11(30-12)9-4-2-1-3-5-9/h1-7,14,17,19-20,22,24-29H,8H2/t14-,17-,19+,20-,21+/m1/s1. The fourth-order valence-corrected chi connectivity index (χ4v) is 3.46. The lowest BCUT2D eigenvalue weighted by molar-refractivity contribution is -0.422. The molecule has 0 spiro atoms. The van der Waals surface area contributed by atoms with Gasteiger partial charge in [0.15, 0.2) is 23.0 Å². The van der Waals surface area contributed by atoms with Crippen LogP contribution in [0.15, 0.2) is 51.7 Å². The van der Waals surface area contributed by atoms with E-state index >= 15 is 0 Å². The Morgan fingerprint density at radius 1 is 1.00 bits per heavy atom. The second-order valence-electron chi connectivity index (χ2n) is 7.28. The Labute approximate surface area is 179 Å². The highest BCUT2D eigenvalue weighted by molar-refractivity contribution is 5.89. The van der Waals surface area contributed by atoms with E-state index in [0.717, 1.165) is 12.1 Å². The number of fused-ring (bicyclic) bond motifs is 1. The Morgan fingerprint density at radius 3 is 2.34 bits per heavy atom. The number of aliphatic hydroxyl groups excluding tert-OH is 4. The molecule has 1 aliphatic heterocycles. The van der Waals surface area contributed by atoms with Crippen LogP contribution in [0.1, 0.15) is 0 Å². The molecule has 1 saturated heterocycles. The summed E-state index contributed by atoms with van der Waals surface area (Å²) in [5.74, 6) is -5.47. The summed E-state index contributed by atoms with van der Waals surface area (Å²) >= 11 is 0. The molecule has 11 nitrogen and oxygen atoms in total. The number of aliphatic hydroxyl groups is 5. The summed E-state index contributed by atoms with van der Waals surface area (Å²) in [5, 5.41) is 70.1. The molecule has 0 aliphatic carbocycles. The van der Waals surface area contributed by atoms with E-state index in [9.17, 15) is 40.5 Å². The van der Waals surface area contributed by atoms with Crippen LogP contribution in [0.5, 0.6) is 17.2 Å². The number of hydrogen-bond acceptors (Lipinski definition) is 11. The first-order chi connectivity index (χ1) is 15.2. The number of aromatic hydroxyl groups is 2. The molecular formula is C21H20O11. The Hall–Kier alpha value is -3.19. The first-order valence-electron chi connectivity index (χ1n) is 9.48. The second kappa shape index (κ2) is 8.06. The molecule has 0 saturated carbocycles. The van der Waals surface area contributed by atoms with Gasteiger partial charge in [-0.2, -0.15) is 0 Å². The van der Waals surface area contributed by atoms with Crippen LogP contribution in [0.25, 0.3) is 22.3 Å². The highest BCUT2D eigenvalue weighted by Crippen LogP contribution is 2.44. The number of ether oxygens (including phenoxy) is 2. The highest BCUT2D eigenvalue weighted by Gasteiger charge is 2.55. The van der Waals surface area contributed by atoms with Crippen LogP contribution in [0, 0.1) is 0 Å². The third-order valence-electron chi connectivity index (χ3n) is 5.17. The van der Waals surface area contributed by atoms with Crippen molar-refractivity contribution >= 4 is 11.0 Å². The normalized spacial score (nSPS) is 28.0. The zero-order valence-electron chi connectivity index (χ0n) is 16.3. The minimum atomic E-state index is -3.04. The number of phenols is 2. The largest absolute Gasteiger partial charge is 0.504 e. The predicted octanol–water partition coefficient (Wildman–Crippen LogP) is -0.630. The third kappa shape index (κ3) is 3.56. The molecule has 1 fully saturated rings. The van der Waals surface area contributed by atoms with Gasteiger partial charge in [0.1, 0.15) is 35.0 Å². The van der Waals surface area contributed by atoms with Gasteiger partial charge < -0.3 is 49.6 Å². The van der Waals surface area contributed by atoms with Crippen molar-refractivity contribution in [3.05, 3.63) is 52.7 Å². The predicted molar refractivity (Wildman–Crippen MR) is 107 cm³/mol. The maximum atomic E-state index is 12.5. The molecule has 0 radical (unpaired) electrons. The summed E-state index contributed by atoms with van der Waals surface area (Å²) in [6.07, 6.45) is -7.51. The van der Waals surface area contributed by atoms with Crippen molar-refractivity contribution in [3.63, 3.8) is 0 Å². The molecule has 170 valence electrons. The van der Waals surface area contributed by atoms with Gasteiger partial charge in [0.05, 0.1) is 6.61 Å². The SMILES string of the molecule is O=c1cc(-c2ccccc2)oc2cc(O[C@]3(O)O[C@H](CO)[C@@H](O)[C@H](O)[C@H]3O)c(O)c(O)c12. The number of rotatable bonds is 4. The zero-order chi connectivity index (χ0) is 23.2. The first-order valence-corrected chi connectivity index (χ1v) is 9.48. The molecule has 1 aliphatic rings. The Bertz CT molecular complexity index is 1190. The molecule has 2 heterocycles. The number of benzene rings is 2. The summed E-state index contributed by atoms with van der Waals surface area (Å²) in [6, 6.07) is 10.7. The van der Waals surface area contributed by atoms with Crippen molar-refractivity contribution < 1.29 is 49.6 Å². The minimum Gasteiger partial charge on any atom is -0.504 e. The molecular weight excluding hydrogens is 428 g/mol. The lowest BCUT2D eigenvalue weighted by Gasteiger charge is -2.44. The van der Waals surface area contributed by atoms with Crippen LogP contribution < -0.4 is 10.2 Å². The molecule has 0 unspecified atom stereocenters. The molecule has 0 bridgehead atoms. The van der Waals surface area contributed by atoms with Crippen molar-refractivity contribution in [3.8, 4) is 28.6 Å². The van der Waals surface area contributed by atoms with Gasteiger partial charge in [0.25, 0.3) is 0 Å². The number of hydrogen-bond donors (Lipinski definition) is 7. The van der Waals surface area contributed by atoms with Crippen LogP contribution in [0.2, 0.25) is 0 Å². The van der Waals surface area contributed by atoms with Crippen LogP contribution in [0.4, 0.5) is 0 Å². The van der Waals surface area contributed by atoms with E-state index in [2.05, 4.69) is 0 Å². The Balaban J connectivity index is 1.81. The first kappa shape index (κ1) is 22.0. The smallest absolute Gasteiger partial charge is 0.355 e. The van der Waals surface area contributed by atoms with E-state index in [1.54, 1.807) is 30.3 Å². The van der Waals surface area contributed by atoms with Gasteiger partial charge in [-0.15, -0.1) is 0 Å². The fraction of sp³-hybridized carbons (Fsp3) is 0.286. The van der Waals surface area contributed by atoms with Gasteiger partial charge in [-0.05, 0) is 0 Å². The third-order valence-corrected chi connectivity index (χ3v) is 5.17. The average molecular weight is 448 g/mol. The maximum Gasteiger partial charge on any atom is 0.355 e. The molecule has 7 N–H and O–H groups in total. The van der Waals surface area contributed by atoms with Gasteiger partial charge in [0, 0.05) is 17.7 Å². The van der Waals surface area contributed by atoms with Crippen LogP contribution in [0.3, 0.4) is 0 Å². The number of phenolic OH excluding ortho intramolecular Hbond substituents is 2. The molecule has 2 aromatic carbocycles. The van der Waals surface area contributed by atoms with Crippen LogP contribution in [-0.2, 0) is 4.74 Å². The van der Waals surface area contributed by atoms with Crippen molar-refractivity contribution in [2.45, 2.75) is 30.4 Å². The van der Waals surface area contributed by atoms with Gasteiger partial charge in [-0.1, -0.05) is 30.3 Å². The van der Waals surface area contributed by atoms with E-state index in [-0.39, 0.29) is 16.7 Å². The van der Waals surface area contributed by atoms with Crippen molar-refractivity contribution in [1.29, 1.82) is 0 Å². The fourth-order valence-electron chi connectivity index (χ4n) is 3.46. The quantitative estimate of drug-likeness (QED) is 0.199. The summed E-state index contributed by atoms with van der Waals surface area (Å²) in [7, 11) is 0. The monoisotopic (exact) mass is 448 g/mol. The summed E-state index contributed by atoms with van der Waals surface area (Å²) in [5.41, 5.74) is -0.347. The minimum absolute atomic E-state index is 0.144. The van der Waals surface area contributed by atoms with Crippen molar-refractivity contribution in [2.75, 3.05) is 6.61 Å². The van der Waals surface area contributed by atoms with Crippen molar-refractivity contribution in [2.24, 2.45) is 0 Å². The highest BCUT2D eigenvalue weighted by atomic mass is 16.8. The van der Waals surface area contributed by atoms with Gasteiger partial charge in [-0.25, -0.2) is 0 Å². The van der Waals surface area contributed by atoms with E-state index in [1.807, 2.05) is 0 Å². The Morgan fingerprint density at radius 2 is 1.69 bits per heavy atom. The lowest BCUT2D eigenvalue weighted by atomic mass is 9.98. The molecule has 11 heteroatoms. The molecule has 5 atom stereocenters. The maximum absolute atomic E-state index is 12.5. The second-order valence-corrected chi connectivity index (χ2v) is 7.28. The lowest BCUT2D eigenvalue weighted by Crippen LogP contribution is -2.67. The van der Waals surface area contributed by atoms with Gasteiger partial charge in [0.2, 0.25) is 5.75 Å². The average Bonchev–Trinajstić information content (AvgIpc) is 2.78. The summed E-state index contributed by atoms with van der Waals surface area (Å²) < 4.78 is 15.8. The topological polar surface area (TPSA) is 190 Å². The molecule has 4 rings (SSSR count). The summed E-state index contributed by atoms with van der Waals surface area (Å²) in [4.78, 5) is 12.5. The summed E-state index contributed by atoms with van der Waals surface area (Å²) in [6.45, 7) is -0.846. The molecule has 1 aromatic heterocycles. The Kier molecular flexibility index (Phi) is 5.54. The van der Waals surface area contributed by atoms with Crippen LogP contribution >= 0.6 is 0 Å². The van der Waals surface area contributed by atoms with E-state index in [4.69, 9.17) is 13.9 Å². The molecule has 0 amide bonds. The van der Waals surface area contributed by atoms with Crippen LogP contribution in [-0.4, -0.2) is 72.7 Å². The van der Waals surface area contributed by atoms with E-state index < -0.39 is 59.7 Å². The van der Waals surface area contributed by atoms with E-state index in [1.165, 1.54) is 0 Å². The zero-order valence-corrected chi connectivity index (χ0v) is 16.3. The molecule has 3 aromatic rings. The molecule has 32 heavy (non-hydrogen) atoms.